The summed E-state index contributed by atoms with van der Waals surface area (Å²) in [4.78, 5) is 11.8. The molecule has 1 heteroatoms. The Morgan fingerprint density at radius 1 is 1.26 bits per heavy atom. The Morgan fingerprint density at radius 3 is 2.32 bits per heavy atom. The van der Waals surface area contributed by atoms with Crippen molar-refractivity contribution in [3.8, 4) is 0 Å². The molecule has 0 aromatic heterocycles. The van der Waals surface area contributed by atoms with Crippen molar-refractivity contribution >= 4 is 5.78 Å². The molecule has 2 atom stereocenters. The lowest BCUT2D eigenvalue weighted by Gasteiger charge is -2.30. The molecule has 1 aromatic carbocycles. The molecule has 0 saturated carbocycles. The summed E-state index contributed by atoms with van der Waals surface area (Å²) in [6, 6.07) is 4.42. The largest absolute Gasteiger partial charge is 0.295 e. The molecule has 0 amide bonds. The van der Waals surface area contributed by atoms with E-state index in [4.69, 9.17) is 0 Å². The Morgan fingerprint density at radius 2 is 1.84 bits per heavy atom. The van der Waals surface area contributed by atoms with Gasteiger partial charge in [-0.1, -0.05) is 40.7 Å². The first-order chi connectivity index (χ1) is 8.67. The van der Waals surface area contributed by atoms with Gasteiger partial charge in [-0.3, -0.25) is 4.79 Å². The van der Waals surface area contributed by atoms with Gasteiger partial charge in [0.05, 0.1) is 0 Å². The minimum atomic E-state index is 0.181. The van der Waals surface area contributed by atoms with Crippen LogP contribution in [0.25, 0.3) is 0 Å². The predicted octanol–water partition coefficient (Wildman–Crippen LogP) is 4.86. The maximum atomic E-state index is 11.8. The SMILES string of the molecule is CC(=O)c1cc2c(cc1C)C(C)(C)[C@H](C)[C@@H]2C(C)C. The predicted molar refractivity (Wildman–Crippen MR) is 81.0 cm³/mol. The number of rotatable bonds is 2. The number of benzene rings is 1. The van der Waals surface area contributed by atoms with Gasteiger partial charge in [-0.25, -0.2) is 0 Å². The molecule has 1 aliphatic carbocycles. The molecular weight excluding hydrogens is 232 g/mol. The van der Waals surface area contributed by atoms with Crippen molar-refractivity contribution in [3.05, 3.63) is 34.4 Å². The molecule has 0 fully saturated rings. The molecule has 0 bridgehead atoms. The fraction of sp³-hybridized carbons (Fsp3) is 0.611. The van der Waals surface area contributed by atoms with Gasteiger partial charge in [-0.15, -0.1) is 0 Å². The highest BCUT2D eigenvalue weighted by atomic mass is 16.1. The number of carbonyl (C=O) groups excluding carboxylic acids is 1. The van der Waals surface area contributed by atoms with Gasteiger partial charge in [0.15, 0.2) is 5.78 Å². The lowest BCUT2D eigenvalue weighted by molar-refractivity contribution is 0.101. The Balaban J connectivity index is 2.69. The van der Waals surface area contributed by atoms with Crippen molar-refractivity contribution in [1.82, 2.24) is 0 Å². The van der Waals surface area contributed by atoms with Crippen LogP contribution in [0.5, 0.6) is 0 Å². The normalized spacial score (nSPS) is 24.6. The number of fused-ring (bicyclic) bond motifs is 1. The number of hydrogen-bond donors (Lipinski definition) is 0. The molecule has 0 saturated heterocycles. The Kier molecular flexibility index (Phi) is 3.36. The molecular formula is C18H26O. The second-order valence-corrected chi connectivity index (χ2v) is 7.09. The van der Waals surface area contributed by atoms with Crippen LogP contribution < -0.4 is 0 Å². The highest BCUT2D eigenvalue weighted by Crippen LogP contribution is 2.53. The van der Waals surface area contributed by atoms with Crippen LogP contribution in [-0.2, 0) is 5.41 Å². The maximum absolute atomic E-state index is 11.8. The van der Waals surface area contributed by atoms with Gasteiger partial charge >= 0.3 is 0 Å². The molecule has 104 valence electrons. The van der Waals surface area contributed by atoms with Crippen molar-refractivity contribution in [3.63, 3.8) is 0 Å². The van der Waals surface area contributed by atoms with Crippen LogP contribution in [0, 0.1) is 18.8 Å². The van der Waals surface area contributed by atoms with E-state index in [0.717, 1.165) is 11.1 Å². The third kappa shape index (κ3) is 2.04. The van der Waals surface area contributed by atoms with Gasteiger partial charge in [0.1, 0.15) is 0 Å². The zero-order valence-corrected chi connectivity index (χ0v) is 13.3. The summed E-state index contributed by atoms with van der Waals surface area (Å²) in [6.07, 6.45) is 0. The third-order valence-corrected chi connectivity index (χ3v) is 5.22. The number of ketones is 1. The monoisotopic (exact) mass is 258 g/mol. The average Bonchev–Trinajstić information content (AvgIpc) is 2.47. The quantitative estimate of drug-likeness (QED) is 0.692. The summed E-state index contributed by atoms with van der Waals surface area (Å²) >= 11 is 0. The fourth-order valence-corrected chi connectivity index (χ4v) is 3.84. The van der Waals surface area contributed by atoms with Gasteiger partial charge in [0.25, 0.3) is 0 Å². The summed E-state index contributed by atoms with van der Waals surface area (Å²) in [6.45, 7) is 15.3. The summed E-state index contributed by atoms with van der Waals surface area (Å²) in [5.41, 5.74) is 5.07. The molecule has 19 heavy (non-hydrogen) atoms. The lowest BCUT2D eigenvalue weighted by atomic mass is 9.74. The Bertz CT molecular complexity index is 523. The van der Waals surface area contributed by atoms with Gasteiger partial charge in [-0.05, 0) is 59.8 Å². The molecule has 1 aliphatic rings. The van der Waals surface area contributed by atoms with E-state index in [1.807, 2.05) is 0 Å². The molecule has 0 radical (unpaired) electrons. The zero-order valence-electron chi connectivity index (χ0n) is 13.3. The zero-order chi connectivity index (χ0) is 14.5. The molecule has 0 spiro atoms. The lowest BCUT2D eigenvalue weighted by Crippen LogP contribution is -2.25. The topological polar surface area (TPSA) is 17.1 Å². The molecule has 2 rings (SSSR count). The van der Waals surface area contributed by atoms with Gasteiger partial charge in [0.2, 0.25) is 0 Å². The van der Waals surface area contributed by atoms with E-state index in [0.29, 0.717) is 17.8 Å². The number of aryl methyl sites for hydroxylation is 1. The molecule has 1 nitrogen and oxygen atoms in total. The summed E-state index contributed by atoms with van der Waals surface area (Å²) < 4.78 is 0. The van der Waals surface area contributed by atoms with Crippen molar-refractivity contribution in [1.29, 1.82) is 0 Å². The molecule has 0 unspecified atom stereocenters. The van der Waals surface area contributed by atoms with Crippen molar-refractivity contribution in [2.24, 2.45) is 11.8 Å². The first-order valence-electron chi connectivity index (χ1n) is 7.33. The van der Waals surface area contributed by atoms with Gasteiger partial charge in [0, 0.05) is 5.56 Å². The van der Waals surface area contributed by atoms with E-state index >= 15 is 0 Å². The number of Topliss-reactive ketones (excluding diaryl/α,β-unsaturated/α-hetero) is 1. The highest BCUT2D eigenvalue weighted by molar-refractivity contribution is 5.96. The first kappa shape index (κ1) is 14.3. The molecule has 0 aliphatic heterocycles. The van der Waals surface area contributed by atoms with Crippen molar-refractivity contribution in [2.45, 2.75) is 59.8 Å². The van der Waals surface area contributed by atoms with Crippen LogP contribution in [0.15, 0.2) is 12.1 Å². The smallest absolute Gasteiger partial charge is 0.160 e. The molecule has 1 aromatic rings. The van der Waals surface area contributed by atoms with Crippen molar-refractivity contribution in [2.75, 3.05) is 0 Å². The van der Waals surface area contributed by atoms with Crippen LogP contribution in [0.1, 0.15) is 74.5 Å². The van der Waals surface area contributed by atoms with Crippen LogP contribution in [-0.4, -0.2) is 5.78 Å². The maximum Gasteiger partial charge on any atom is 0.160 e. The van der Waals surface area contributed by atoms with E-state index in [1.165, 1.54) is 11.1 Å². The van der Waals surface area contributed by atoms with Gasteiger partial charge < -0.3 is 0 Å². The standard InChI is InChI=1S/C18H26O/c1-10(2)17-12(4)18(6,7)16-8-11(3)14(13(5)19)9-15(16)17/h8-10,12,17H,1-7H3/t12-,17+/m1/s1. The van der Waals surface area contributed by atoms with Crippen LogP contribution in [0.2, 0.25) is 0 Å². The minimum absolute atomic E-state index is 0.181. The van der Waals surface area contributed by atoms with Crippen LogP contribution in [0.3, 0.4) is 0 Å². The number of hydrogen-bond acceptors (Lipinski definition) is 1. The second kappa shape index (κ2) is 4.47. The summed E-state index contributed by atoms with van der Waals surface area (Å²) in [7, 11) is 0. The van der Waals surface area contributed by atoms with E-state index in [2.05, 4.69) is 53.7 Å². The molecule has 0 heterocycles. The first-order valence-corrected chi connectivity index (χ1v) is 7.33. The molecule has 0 N–H and O–H groups in total. The average molecular weight is 258 g/mol. The Hall–Kier alpha value is -1.11. The fourth-order valence-electron chi connectivity index (χ4n) is 3.84. The summed E-state index contributed by atoms with van der Waals surface area (Å²) in [5, 5.41) is 0. The highest BCUT2D eigenvalue weighted by Gasteiger charge is 2.44. The Labute approximate surface area is 117 Å². The van der Waals surface area contributed by atoms with Crippen molar-refractivity contribution < 1.29 is 4.79 Å². The summed E-state index contributed by atoms with van der Waals surface area (Å²) in [5.74, 6) is 1.96. The third-order valence-electron chi connectivity index (χ3n) is 5.22. The van der Waals surface area contributed by atoms with E-state index in [1.54, 1.807) is 6.92 Å². The van der Waals surface area contributed by atoms with E-state index in [-0.39, 0.29) is 11.2 Å². The van der Waals surface area contributed by atoms with E-state index < -0.39 is 0 Å². The minimum Gasteiger partial charge on any atom is -0.295 e. The van der Waals surface area contributed by atoms with Gasteiger partial charge in [-0.2, -0.15) is 0 Å². The van der Waals surface area contributed by atoms with Crippen LogP contribution >= 0.6 is 0 Å². The van der Waals surface area contributed by atoms with Crippen LogP contribution in [0.4, 0.5) is 0 Å². The number of carbonyl (C=O) groups is 1. The van der Waals surface area contributed by atoms with E-state index in [9.17, 15) is 4.79 Å². The second-order valence-electron chi connectivity index (χ2n) is 7.09.